The molecule has 0 radical (unpaired) electrons. The molecule has 0 aromatic heterocycles. The summed E-state index contributed by atoms with van der Waals surface area (Å²) in [5.41, 5.74) is 11.8. The first kappa shape index (κ1) is 8.30. The van der Waals surface area contributed by atoms with Crippen LogP contribution in [0, 0.1) is 0 Å². The average Bonchev–Trinajstić information content (AvgIpc) is 2.74. The van der Waals surface area contributed by atoms with Gasteiger partial charge < -0.3 is 10.6 Å². The van der Waals surface area contributed by atoms with Gasteiger partial charge in [0.25, 0.3) is 0 Å². The van der Waals surface area contributed by atoms with Gasteiger partial charge in [0.1, 0.15) is 0 Å². The van der Waals surface area contributed by atoms with E-state index in [2.05, 4.69) is 24.0 Å². The first-order valence-corrected chi connectivity index (χ1v) is 5.42. The average molecular weight is 188 g/mol. The highest BCUT2D eigenvalue weighted by molar-refractivity contribution is 5.67. The zero-order valence-electron chi connectivity index (χ0n) is 8.59. The van der Waals surface area contributed by atoms with Gasteiger partial charge in [-0.25, -0.2) is 0 Å². The summed E-state index contributed by atoms with van der Waals surface area (Å²) >= 11 is 0. The zero-order chi connectivity index (χ0) is 9.71. The van der Waals surface area contributed by atoms with Crippen molar-refractivity contribution in [2.75, 3.05) is 18.0 Å². The summed E-state index contributed by atoms with van der Waals surface area (Å²) in [5.74, 6) is 0. The molecule has 14 heavy (non-hydrogen) atoms. The van der Waals surface area contributed by atoms with Gasteiger partial charge in [0.15, 0.2) is 0 Å². The van der Waals surface area contributed by atoms with E-state index < -0.39 is 0 Å². The monoisotopic (exact) mass is 188 g/mol. The van der Waals surface area contributed by atoms with Gasteiger partial charge >= 0.3 is 0 Å². The molecule has 1 unspecified atom stereocenters. The van der Waals surface area contributed by atoms with Gasteiger partial charge in [0, 0.05) is 24.8 Å². The second-order valence-electron chi connectivity index (χ2n) is 4.46. The maximum absolute atomic E-state index is 5.93. The fourth-order valence-electron chi connectivity index (χ4n) is 2.68. The van der Waals surface area contributed by atoms with Crippen molar-refractivity contribution >= 4 is 5.69 Å². The Kier molecular flexibility index (Phi) is 1.62. The Morgan fingerprint density at radius 3 is 2.29 bits per heavy atom. The molecule has 0 saturated carbocycles. The van der Waals surface area contributed by atoms with Crippen LogP contribution in [0.4, 0.5) is 5.69 Å². The number of nitrogens with two attached hydrogens (primary N) is 1. The predicted molar refractivity (Wildman–Crippen MR) is 58.7 cm³/mol. The minimum absolute atomic E-state index is 0.172. The van der Waals surface area contributed by atoms with E-state index in [0.717, 1.165) is 0 Å². The summed E-state index contributed by atoms with van der Waals surface area (Å²) in [6, 6.07) is 4.77. The summed E-state index contributed by atoms with van der Waals surface area (Å²) < 4.78 is 0. The van der Waals surface area contributed by atoms with Crippen LogP contribution in [-0.4, -0.2) is 13.1 Å². The van der Waals surface area contributed by atoms with Gasteiger partial charge in [-0.3, -0.25) is 0 Å². The molecule has 2 aliphatic heterocycles. The van der Waals surface area contributed by atoms with Crippen molar-refractivity contribution in [3.05, 3.63) is 28.8 Å². The Hall–Kier alpha value is -1.02. The fourth-order valence-corrected chi connectivity index (χ4v) is 2.68. The van der Waals surface area contributed by atoms with Gasteiger partial charge in [0.05, 0.1) is 0 Å². The third-order valence-corrected chi connectivity index (χ3v) is 3.43. The SMILES string of the molecule is CC(N)c1cc2c3c(c1)CCN3CC2. The van der Waals surface area contributed by atoms with Crippen molar-refractivity contribution in [3.8, 4) is 0 Å². The molecule has 1 aromatic rings. The van der Waals surface area contributed by atoms with E-state index in [1.807, 2.05) is 0 Å². The third kappa shape index (κ3) is 1.01. The Labute approximate surface area is 84.7 Å². The molecule has 0 amide bonds. The summed E-state index contributed by atoms with van der Waals surface area (Å²) in [7, 11) is 0. The lowest BCUT2D eigenvalue weighted by molar-refractivity contribution is 0.809. The van der Waals surface area contributed by atoms with Crippen molar-refractivity contribution < 1.29 is 0 Å². The molecule has 74 valence electrons. The van der Waals surface area contributed by atoms with Crippen molar-refractivity contribution in [2.45, 2.75) is 25.8 Å². The number of rotatable bonds is 1. The van der Waals surface area contributed by atoms with E-state index in [0.29, 0.717) is 0 Å². The molecule has 1 aromatic carbocycles. The smallest absolute Gasteiger partial charge is 0.0433 e. The van der Waals surface area contributed by atoms with E-state index >= 15 is 0 Å². The Morgan fingerprint density at radius 1 is 1.21 bits per heavy atom. The Balaban J connectivity index is 2.16. The van der Waals surface area contributed by atoms with E-state index in [4.69, 9.17) is 5.73 Å². The number of hydrogen-bond donors (Lipinski definition) is 1. The standard InChI is InChI=1S/C12H16N2/c1-8(13)11-6-9-2-4-14-5-3-10(7-11)12(9)14/h6-8H,2-5,13H2,1H3. The molecule has 2 heterocycles. The van der Waals surface area contributed by atoms with E-state index in [-0.39, 0.29) is 6.04 Å². The van der Waals surface area contributed by atoms with Crippen molar-refractivity contribution in [2.24, 2.45) is 5.73 Å². The second kappa shape index (κ2) is 2.74. The van der Waals surface area contributed by atoms with Crippen LogP contribution in [-0.2, 0) is 12.8 Å². The van der Waals surface area contributed by atoms with Gasteiger partial charge in [-0.2, -0.15) is 0 Å². The fraction of sp³-hybridized carbons (Fsp3) is 0.500. The van der Waals surface area contributed by atoms with Gasteiger partial charge in [0.2, 0.25) is 0 Å². The molecule has 0 aliphatic carbocycles. The molecule has 2 heteroatoms. The van der Waals surface area contributed by atoms with Crippen LogP contribution in [0.25, 0.3) is 0 Å². The maximum Gasteiger partial charge on any atom is 0.0433 e. The van der Waals surface area contributed by atoms with Crippen molar-refractivity contribution in [3.63, 3.8) is 0 Å². The molecule has 2 nitrogen and oxygen atoms in total. The lowest BCUT2D eigenvalue weighted by atomic mass is 9.99. The van der Waals surface area contributed by atoms with Crippen LogP contribution in [0.2, 0.25) is 0 Å². The first-order chi connectivity index (χ1) is 6.75. The first-order valence-electron chi connectivity index (χ1n) is 5.42. The molecule has 0 bridgehead atoms. The van der Waals surface area contributed by atoms with Crippen LogP contribution >= 0.6 is 0 Å². The van der Waals surface area contributed by atoms with Crippen LogP contribution in [0.5, 0.6) is 0 Å². The molecule has 0 fully saturated rings. The zero-order valence-corrected chi connectivity index (χ0v) is 8.59. The molecular formula is C12H16N2. The minimum Gasteiger partial charge on any atom is -0.370 e. The number of anilines is 1. The van der Waals surface area contributed by atoms with Crippen LogP contribution in [0.1, 0.15) is 29.7 Å². The lowest BCUT2D eigenvalue weighted by Gasteiger charge is -2.12. The van der Waals surface area contributed by atoms with Gasteiger partial charge in [-0.05, 0) is 36.5 Å². The highest BCUT2D eigenvalue weighted by Crippen LogP contribution is 2.38. The molecule has 2 aliphatic rings. The number of hydrogen-bond acceptors (Lipinski definition) is 2. The molecule has 0 spiro atoms. The number of nitrogens with zero attached hydrogens (tertiary/aromatic N) is 1. The molecule has 3 rings (SSSR count). The maximum atomic E-state index is 5.93. The van der Waals surface area contributed by atoms with Gasteiger partial charge in [-0.1, -0.05) is 12.1 Å². The van der Waals surface area contributed by atoms with Crippen LogP contribution < -0.4 is 10.6 Å². The highest BCUT2D eigenvalue weighted by Gasteiger charge is 2.27. The highest BCUT2D eigenvalue weighted by atomic mass is 15.2. The number of benzene rings is 1. The lowest BCUT2D eigenvalue weighted by Crippen LogP contribution is -2.17. The third-order valence-electron chi connectivity index (χ3n) is 3.43. The van der Waals surface area contributed by atoms with Crippen LogP contribution in [0.3, 0.4) is 0 Å². The van der Waals surface area contributed by atoms with Crippen molar-refractivity contribution in [1.82, 2.24) is 0 Å². The second-order valence-corrected chi connectivity index (χ2v) is 4.46. The largest absolute Gasteiger partial charge is 0.370 e. The van der Waals surface area contributed by atoms with E-state index in [1.165, 1.54) is 48.3 Å². The topological polar surface area (TPSA) is 29.3 Å². The molecular weight excluding hydrogens is 172 g/mol. The van der Waals surface area contributed by atoms with E-state index in [9.17, 15) is 0 Å². The predicted octanol–water partition coefficient (Wildman–Crippen LogP) is 1.62. The summed E-state index contributed by atoms with van der Waals surface area (Å²) in [5, 5.41) is 0. The normalized spacial score (nSPS) is 20.0. The summed E-state index contributed by atoms with van der Waals surface area (Å²) in [6.45, 7) is 4.49. The Bertz CT molecular complexity index is 353. The van der Waals surface area contributed by atoms with Crippen LogP contribution in [0.15, 0.2) is 12.1 Å². The quantitative estimate of drug-likeness (QED) is 0.725. The summed E-state index contributed by atoms with van der Waals surface area (Å²) in [4.78, 5) is 2.51. The molecule has 0 saturated heterocycles. The molecule has 1 atom stereocenters. The van der Waals surface area contributed by atoms with Gasteiger partial charge in [-0.15, -0.1) is 0 Å². The Morgan fingerprint density at radius 2 is 1.79 bits per heavy atom. The minimum atomic E-state index is 0.172. The van der Waals surface area contributed by atoms with E-state index in [1.54, 1.807) is 0 Å². The molecule has 2 N–H and O–H groups in total. The summed E-state index contributed by atoms with van der Waals surface area (Å²) in [6.07, 6.45) is 2.42. The van der Waals surface area contributed by atoms with Crippen molar-refractivity contribution in [1.29, 1.82) is 0 Å².